The van der Waals surface area contributed by atoms with Crippen LogP contribution in [0, 0.1) is 5.92 Å². The van der Waals surface area contributed by atoms with E-state index in [0.717, 1.165) is 25.8 Å². The lowest BCUT2D eigenvalue weighted by Crippen LogP contribution is -2.40. The molecule has 0 radical (unpaired) electrons. The van der Waals surface area contributed by atoms with Crippen molar-refractivity contribution in [2.45, 2.75) is 52.1 Å². The van der Waals surface area contributed by atoms with Crippen LogP contribution in [0.5, 0.6) is 0 Å². The van der Waals surface area contributed by atoms with Crippen LogP contribution >= 0.6 is 0 Å². The van der Waals surface area contributed by atoms with Crippen LogP contribution in [0.3, 0.4) is 0 Å². The lowest BCUT2D eigenvalue weighted by molar-refractivity contribution is -0.142. The summed E-state index contributed by atoms with van der Waals surface area (Å²) in [7, 11) is 0. The smallest absolute Gasteiger partial charge is 0.308 e. The first kappa shape index (κ1) is 11.5. The molecule has 3 nitrogen and oxygen atoms in total. The molecule has 1 rings (SSSR count). The minimum Gasteiger partial charge on any atom is -0.481 e. The van der Waals surface area contributed by atoms with E-state index in [2.05, 4.69) is 18.7 Å². The van der Waals surface area contributed by atoms with Gasteiger partial charge in [0.25, 0.3) is 0 Å². The highest BCUT2D eigenvalue weighted by atomic mass is 16.4. The van der Waals surface area contributed by atoms with Crippen LogP contribution in [-0.4, -0.2) is 34.6 Å². The van der Waals surface area contributed by atoms with Gasteiger partial charge in [0, 0.05) is 12.1 Å². The summed E-state index contributed by atoms with van der Waals surface area (Å²) in [5, 5.41) is 9.00. The first-order valence-corrected chi connectivity index (χ1v) is 5.60. The number of aliphatic carboxylic acids is 1. The molecule has 0 saturated carbocycles. The second-order valence-corrected chi connectivity index (χ2v) is 4.18. The van der Waals surface area contributed by atoms with Gasteiger partial charge < -0.3 is 5.11 Å². The van der Waals surface area contributed by atoms with E-state index in [4.69, 9.17) is 5.11 Å². The second kappa shape index (κ2) is 4.78. The van der Waals surface area contributed by atoms with Crippen molar-refractivity contribution < 1.29 is 9.90 Å². The molecule has 3 heteroatoms. The fourth-order valence-corrected chi connectivity index (χ4v) is 2.57. The SMILES string of the molecule is CCC(CC)N1CCC(C(=O)O)C1C. The van der Waals surface area contributed by atoms with E-state index in [-0.39, 0.29) is 12.0 Å². The molecule has 0 spiro atoms. The molecule has 82 valence electrons. The summed E-state index contributed by atoms with van der Waals surface area (Å²) < 4.78 is 0. The Morgan fingerprint density at radius 3 is 2.43 bits per heavy atom. The van der Waals surface area contributed by atoms with Gasteiger partial charge in [-0.05, 0) is 32.7 Å². The van der Waals surface area contributed by atoms with Crippen LogP contribution in [0.4, 0.5) is 0 Å². The molecule has 1 saturated heterocycles. The van der Waals surface area contributed by atoms with Gasteiger partial charge in [-0.2, -0.15) is 0 Å². The Morgan fingerprint density at radius 1 is 1.50 bits per heavy atom. The van der Waals surface area contributed by atoms with E-state index in [1.165, 1.54) is 0 Å². The van der Waals surface area contributed by atoms with Crippen molar-refractivity contribution in [2.75, 3.05) is 6.54 Å². The normalized spacial score (nSPS) is 28.6. The van der Waals surface area contributed by atoms with Crippen molar-refractivity contribution in [1.29, 1.82) is 0 Å². The molecule has 0 aromatic rings. The summed E-state index contributed by atoms with van der Waals surface area (Å²) in [5.74, 6) is -0.790. The quantitative estimate of drug-likeness (QED) is 0.752. The van der Waals surface area contributed by atoms with Gasteiger partial charge in [-0.25, -0.2) is 0 Å². The Balaban J connectivity index is 2.62. The number of hydrogen-bond acceptors (Lipinski definition) is 2. The lowest BCUT2D eigenvalue weighted by atomic mass is 10.0. The highest BCUT2D eigenvalue weighted by molar-refractivity contribution is 5.71. The Kier molecular flexibility index (Phi) is 3.93. The van der Waals surface area contributed by atoms with Crippen LogP contribution < -0.4 is 0 Å². The summed E-state index contributed by atoms with van der Waals surface area (Å²) >= 11 is 0. The number of carboxylic acids is 1. The van der Waals surface area contributed by atoms with Crippen molar-refractivity contribution in [3.8, 4) is 0 Å². The maximum Gasteiger partial charge on any atom is 0.308 e. The Labute approximate surface area is 86.1 Å². The maximum atomic E-state index is 10.9. The molecule has 2 atom stereocenters. The van der Waals surface area contributed by atoms with Gasteiger partial charge in [-0.3, -0.25) is 9.69 Å². The van der Waals surface area contributed by atoms with Crippen molar-refractivity contribution in [3.63, 3.8) is 0 Å². The average Bonchev–Trinajstić information content (AvgIpc) is 2.51. The van der Waals surface area contributed by atoms with E-state index in [0.29, 0.717) is 6.04 Å². The zero-order valence-electron chi connectivity index (χ0n) is 9.36. The third kappa shape index (κ3) is 2.08. The standard InChI is InChI=1S/C11H21NO2/c1-4-9(5-2)12-7-6-10(8(12)3)11(13)14/h8-10H,4-7H2,1-3H3,(H,13,14). The molecular weight excluding hydrogens is 178 g/mol. The molecule has 14 heavy (non-hydrogen) atoms. The minimum atomic E-state index is -0.633. The first-order chi connectivity index (χ1) is 6.61. The Morgan fingerprint density at radius 2 is 2.07 bits per heavy atom. The van der Waals surface area contributed by atoms with Crippen molar-refractivity contribution >= 4 is 5.97 Å². The van der Waals surface area contributed by atoms with E-state index in [1.54, 1.807) is 0 Å². The van der Waals surface area contributed by atoms with Crippen molar-refractivity contribution in [2.24, 2.45) is 5.92 Å². The number of rotatable bonds is 4. The summed E-state index contributed by atoms with van der Waals surface area (Å²) in [6.07, 6.45) is 3.05. The van der Waals surface area contributed by atoms with Crippen LogP contribution in [0.2, 0.25) is 0 Å². The molecule has 1 heterocycles. The zero-order chi connectivity index (χ0) is 10.7. The minimum absolute atomic E-state index is 0.157. The molecule has 1 fully saturated rings. The topological polar surface area (TPSA) is 40.5 Å². The van der Waals surface area contributed by atoms with Gasteiger partial charge in [-0.15, -0.1) is 0 Å². The van der Waals surface area contributed by atoms with E-state index in [9.17, 15) is 4.79 Å². The van der Waals surface area contributed by atoms with Gasteiger partial charge in [-0.1, -0.05) is 13.8 Å². The van der Waals surface area contributed by atoms with Gasteiger partial charge in [0.2, 0.25) is 0 Å². The van der Waals surface area contributed by atoms with Crippen LogP contribution in [-0.2, 0) is 4.79 Å². The largest absolute Gasteiger partial charge is 0.481 e. The van der Waals surface area contributed by atoms with Crippen LogP contribution in [0.25, 0.3) is 0 Å². The monoisotopic (exact) mass is 199 g/mol. The number of nitrogens with zero attached hydrogens (tertiary/aromatic N) is 1. The summed E-state index contributed by atoms with van der Waals surface area (Å²) in [5.41, 5.74) is 0. The summed E-state index contributed by atoms with van der Waals surface area (Å²) in [4.78, 5) is 13.3. The molecular formula is C11H21NO2. The molecule has 1 aliphatic heterocycles. The molecule has 0 aliphatic carbocycles. The summed E-state index contributed by atoms with van der Waals surface area (Å²) in [6, 6.07) is 0.770. The van der Waals surface area contributed by atoms with Gasteiger partial charge >= 0.3 is 5.97 Å². The average molecular weight is 199 g/mol. The fraction of sp³-hybridized carbons (Fsp3) is 0.909. The highest BCUT2D eigenvalue weighted by Crippen LogP contribution is 2.28. The van der Waals surface area contributed by atoms with Crippen LogP contribution in [0.1, 0.15) is 40.0 Å². The molecule has 2 unspecified atom stereocenters. The van der Waals surface area contributed by atoms with Gasteiger partial charge in [0.15, 0.2) is 0 Å². The Bertz CT molecular complexity index is 201. The predicted octanol–water partition coefficient (Wildman–Crippen LogP) is 1.97. The molecule has 0 bridgehead atoms. The lowest BCUT2D eigenvalue weighted by Gasteiger charge is -2.30. The molecule has 0 amide bonds. The molecule has 0 aromatic heterocycles. The fourth-order valence-electron chi connectivity index (χ4n) is 2.57. The third-order valence-corrected chi connectivity index (χ3v) is 3.53. The first-order valence-electron chi connectivity index (χ1n) is 5.60. The molecule has 1 N–H and O–H groups in total. The van der Waals surface area contributed by atoms with Crippen molar-refractivity contribution in [3.05, 3.63) is 0 Å². The summed E-state index contributed by atoms with van der Waals surface area (Å²) in [6.45, 7) is 7.35. The second-order valence-electron chi connectivity index (χ2n) is 4.18. The van der Waals surface area contributed by atoms with Crippen molar-refractivity contribution in [1.82, 2.24) is 4.90 Å². The van der Waals surface area contributed by atoms with Gasteiger partial charge in [0.1, 0.15) is 0 Å². The number of hydrogen-bond donors (Lipinski definition) is 1. The zero-order valence-corrected chi connectivity index (χ0v) is 9.36. The highest BCUT2D eigenvalue weighted by Gasteiger charge is 2.37. The van der Waals surface area contributed by atoms with E-state index < -0.39 is 5.97 Å². The molecule has 1 aliphatic rings. The van der Waals surface area contributed by atoms with E-state index >= 15 is 0 Å². The maximum absolute atomic E-state index is 10.9. The van der Waals surface area contributed by atoms with Crippen LogP contribution in [0.15, 0.2) is 0 Å². The number of carbonyl (C=O) groups is 1. The van der Waals surface area contributed by atoms with Gasteiger partial charge in [0.05, 0.1) is 5.92 Å². The van der Waals surface area contributed by atoms with E-state index in [1.807, 2.05) is 6.92 Å². The predicted molar refractivity (Wildman–Crippen MR) is 56.3 cm³/mol. The molecule has 0 aromatic carbocycles. The third-order valence-electron chi connectivity index (χ3n) is 3.53. The Hall–Kier alpha value is -0.570. The number of likely N-dealkylation sites (tertiary alicyclic amines) is 1. The number of carboxylic acid groups (broad SMARTS) is 1.